The number of amides is 1. The molecule has 32 heavy (non-hydrogen) atoms. The zero-order valence-corrected chi connectivity index (χ0v) is 17.6. The van der Waals surface area contributed by atoms with E-state index < -0.39 is 0 Å². The Kier molecular flexibility index (Phi) is 5.31. The first-order chi connectivity index (χ1) is 15.6. The number of H-pyrrole nitrogens is 1. The highest BCUT2D eigenvalue weighted by molar-refractivity contribution is 6.01. The molecule has 7 nitrogen and oxygen atoms in total. The maximum Gasteiger partial charge on any atom is 0.328 e. The summed E-state index contributed by atoms with van der Waals surface area (Å²) in [6, 6.07) is 16.7. The van der Waals surface area contributed by atoms with E-state index in [-0.39, 0.29) is 29.0 Å². The number of hydrogen-bond acceptors (Lipinski definition) is 4. The zero-order valence-electron chi connectivity index (χ0n) is 17.6. The van der Waals surface area contributed by atoms with Crippen LogP contribution in [0.25, 0.3) is 21.8 Å². The van der Waals surface area contributed by atoms with Gasteiger partial charge >= 0.3 is 5.69 Å². The molecule has 2 aromatic carbocycles. The van der Waals surface area contributed by atoms with Gasteiger partial charge in [0, 0.05) is 24.0 Å². The lowest BCUT2D eigenvalue weighted by molar-refractivity contribution is -0.121. The number of para-hydroxylation sites is 2. The number of benzene rings is 2. The summed E-state index contributed by atoms with van der Waals surface area (Å²) in [4.78, 5) is 45.3. The fraction of sp³-hybridized carbons (Fsp3) is 0.280. The van der Waals surface area contributed by atoms with E-state index in [4.69, 9.17) is 0 Å². The van der Waals surface area contributed by atoms with E-state index in [1.807, 2.05) is 30.3 Å². The summed E-state index contributed by atoms with van der Waals surface area (Å²) in [5.74, 6) is 0.109. The van der Waals surface area contributed by atoms with Crippen molar-refractivity contribution in [1.29, 1.82) is 0 Å². The van der Waals surface area contributed by atoms with Gasteiger partial charge in [-0.3, -0.25) is 19.1 Å². The normalized spacial score (nSPS) is 18.6. The summed E-state index contributed by atoms with van der Waals surface area (Å²) in [5.41, 5.74) is 1.43. The van der Waals surface area contributed by atoms with E-state index >= 15 is 0 Å². The first-order valence-corrected chi connectivity index (χ1v) is 11.0. The number of carbonyl (C=O) groups is 1. The third-order valence-electron chi connectivity index (χ3n) is 6.44. The SMILES string of the molecule is O=c1[nH]c2ccccc2c(=O)n1C[C@H]1CC[C@H](C(=O)Nc2cccc3cccnc23)CC1. The zero-order chi connectivity index (χ0) is 22.1. The molecule has 0 saturated heterocycles. The van der Waals surface area contributed by atoms with Crippen LogP contribution < -0.4 is 16.6 Å². The van der Waals surface area contributed by atoms with E-state index in [1.54, 1.807) is 30.5 Å². The minimum atomic E-state index is -0.378. The number of anilines is 1. The minimum Gasteiger partial charge on any atom is -0.324 e. The number of rotatable bonds is 4. The van der Waals surface area contributed by atoms with Crippen molar-refractivity contribution in [2.45, 2.75) is 32.2 Å². The topological polar surface area (TPSA) is 96.9 Å². The largest absolute Gasteiger partial charge is 0.328 e. The molecule has 0 spiro atoms. The highest BCUT2D eigenvalue weighted by Crippen LogP contribution is 2.31. The van der Waals surface area contributed by atoms with Crippen LogP contribution in [-0.4, -0.2) is 20.4 Å². The van der Waals surface area contributed by atoms with Crippen LogP contribution in [0.4, 0.5) is 5.69 Å². The monoisotopic (exact) mass is 428 g/mol. The van der Waals surface area contributed by atoms with Gasteiger partial charge < -0.3 is 10.3 Å². The molecule has 162 valence electrons. The van der Waals surface area contributed by atoms with Crippen molar-refractivity contribution in [2.24, 2.45) is 11.8 Å². The third-order valence-corrected chi connectivity index (χ3v) is 6.44. The standard InChI is InChI=1S/C25H24N4O3/c30-23(27-21-9-3-5-17-6-4-14-26-22(17)21)18-12-10-16(11-13-18)15-29-24(31)19-7-1-2-8-20(19)28-25(29)32/h1-9,14,16,18H,10-13,15H2,(H,27,30)(H,28,32)/t16-,18-. The van der Waals surface area contributed by atoms with Crippen LogP contribution >= 0.6 is 0 Å². The molecule has 2 aromatic heterocycles. The van der Waals surface area contributed by atoms with E-state index in [9.17, 15) is 14.4 Å². The van der Waals surface area contributed by atoms with Crippen molar-refractivity contribution in [1.82, 2.24) is 14.5 Å². The van der Waals surface area contributed by atoms with Crippen LogP contribution in [0.3, 0.4) is 0 Å². The molecule has 0 unspecified atom stereocenters. The van der Waals surface area contributed by atoms with Crippen molar-refractivity contribution in [3.05, 3.63) is 81.6 Å². The molecule has 0 atom stereocenters. The molecule has 7 heteroatoms. The first-order valence-electron chi connectivity index (χ1n) is 11.0. The molecule has 1 aliphatic carbocycles. The molecule has 1 saturated carbocycles. The van der Waals surface area contributed by atoms with E-state index in [1.165, 1.54) is 4.57 Å². The van der Waals surface area contributed by atoms with Crippen LogP contribution in [0.15, 0.2) is 70.4 Å². The molecule has 0 bridgehead atoms. The summed E-state index contributed by atoms with van der Waals surface area (Å²) < 4.78 is 1.30. The molecule has 1 aliphatic rings. The van der Waals surface area contributed by atoms with Gasteiger partial charge in [0.05, 0.1) is 22.1 Å². The Labute approximate surface area is 184 Å². The Hall–Kier alpha value is -3.74. The average Bonchev–Trinajstić information content (AvgIpc) is 2.82. The van der Waals surface area contributed by atoms with Gasteiger partial charge in [-0.25, -0.2) is 4.79 Å². The number of hydrogen-bond donors (Lipinski definition) is 2. The lowest BCUT2D eigenvalue weighted by atomic mass is 9.81. The second-order valence-corrected chi connectivity index (χ2v) is 8.48. The first kappa shape index (κ1) is 20.2. The van der Waals surface area contributed by atoms with Crippen LogP contribution in [-0.2, 0) is 11.3 Å². The number of aromatic nitrogens is 3. The maximum absolute atomic E-state index is 12.9. The van der Waals surface area contributed by atoms with Crippen LogP contribution in [0.1, 0.15) is 25.7 Å². The minimum absolute atomic E-state index is 0.00215. The highest BCUT2D eigenvalue weighted by Gasteiger charge is 2.27. The molecule has 0 radical (unpaired) electrons. The quantitative estimate of drug-likeness (QED) is 0.518. The lowest BCUT2D eigenvalue weighted by Crippen LogP contribution is -2.38. The molecule has 1 fully saturated rings. The van der Waals surface area contributed by atoms with Gasteiger partial charge in [-0.15, -0.1) is 0 Å². The Morgan fingerprint density at radius 1 is 1.00 bits per heavy atom. The van der Waals surface area contributed by atoms with Gasteiger partial charge in [0.15, 0.2) is 0 Å². The van der Waals surface area contributed by atoms with Gasteiger partial charge in [0.25, 0.3) is 5.56 Å². The number of fused-ring (bicyclic) bond motifs is 2. The van der Waals surface area contributed by atoms with E-state index in [0.29, 0.717) is 17.4 Å². The van der Waals surface area contributed by atoms with Crippen molar-refractivity contribution in [2.75, 3.05) is 5.32 Å². The fourth-order valence-corrected chi connectivity index (χ4v) is 4.67. The van der Waals surface area contributed by atoms with E-state index in [2.05, 4.69) is 15.3 Å². The maximum atomic E-state index is 12.9. The molecular formula is C25H24N4O3. The second kappa shape index (κ2) is 8.42. The van der Waals surface area contributed by atoms with Crippen molar-refractivity contribution < 1.29 is 4.79 Å². The predicted molar refractivity (Wildman–Crippen MR) is 125 cm³/mol. The number of nitrogens with zero attached hydrogens (tertiary/aromatic N) is 2. The lowest BCUT2D eigenvalue weighted by Gasteiger charge is -2.28. The summed E-state index contributed by atoms with van der Waals surface area (Å²) in [7, 11) is 0. The van der Waals surface area contributed by atoms with Crippen molar-refractivity contribution in [3.63, 3.8) is 0 Å². The Morgan fingerprint density at radius 2 is 1.78 bits per heavy atom. The van der Waals surface area contributed by atoms with Gasteiger partial charge in [0.1, 0.15) is 0 Å². The molecule has 0 aliphatic heterocycles. The molecule has 2 N–H and O–H groups in total. The Balaban J connectivity index is 1.26. The number of aromatic amines is 1. The predicted octanol–water partition coefficient (Wildman–Crippen LogP) is 3.68. The summed E-state index contributed by atoms with van der Waals surface area (Å²) >= 11 is 0. The summed E-state index contributed by atoms with van der Waals surface area (Å²) in [6.07, 6.45) is 4.78. The van der Waals surface area contributed by atoms with Gasteiger partial charge in [-0.2, -0.15) is 0 Å². The van der Waals surface area contributed by atoms with E-state index in [0.717, 1.165) is 42.3 Å². The Bertz CT molecular complexity index is 1410. The number of carbonyl (C=O) groups excluding carboxylic acids is 1. The average molecular weight is 428 g/mol. The van der Waals surface area contributed by atoms with Crippen LogP contribution in [0.2, 0.25) is 0 Å². The molecule has 2 heterocycles. The van der Waals surface area contributed by atoms with Crippen molar-refractivity contribution in [3.8, 4) is 0 Å². The van der Waals surface area contributed by atoms with Gasteiger partial charge in [0.2, 0.25) is 5.91 Å². The van der Waals surface area contributed by atoms with Crippen LogP contribution in [0, 0.1) is 11.8 Å². The smallest absolute Gasteiger partial charge is 0.324 e. The van der Waals surface area contributed by atoms with Crippen LogP contribution in [0.5, 0.6) is 0 Å². The third kappa shape index (κ3) is 3.82. The fourth-order valence-electron chi connectivity index (χ4n) is 4.67. The molecule has 5 rings (SSSR count). The van der Waals surface area contributed by atoms with Gasteiger partial charge in [-0.1, -0.05) is 30.3 Å². The summed E-state index contributed by atoms with van der Waals surface area (Å²) in [5, 5.41) is 4.55. The molecule has 1 amide bonds. The molecular weight excluding hydrogens is 404 g/mol. The second-order valence-electron chi connectivity index (χ2n) is 8.48. The van der Waals surface area contributed by atoms with Crippen molar-refractivity contribution >= 4 is 33.4 Å². The molecule has 4 aromatic rings. The highest BCUT2D eigenvalue weighted by atomic mass is 16.2. The summed E-state index contributed by atoms with van der Waals surface area (Å²) in [6.45, 7) is 0.376. The van der Waals surface area contributed by atoms with Gasteiger partial charge in [-0.05, 0) is 55.9 Å². The number of pyridine rings is 1. The Morgan fingerprint density at radius 3 is 2.62 bits per heavy atom. The number of nitrogens with one attached hydrogen (secondary N) is 2.